The van der Waals surface area contributed by atoms with Gasteiger partial charge < -0.3 is 14.4 Å². The third kappa shape index (κ3) is 5.96. The van der Waals surface area contributed by atoms with Gasteiger partial charge in [-0.25, -0.2) is 9.18 Å². The molecule has 0 saturated carbocycles. The Labute approximate surface area is 193 Å². The fourth-order valence-electron chi connectivity index (χ4n) is 3.96. The van der Waals surface area contributed by atoms with Gasteiger partial charge in [0, 0.05) is 37.3 Å². The first kappa shape index (κ1) is 24.4. The molecule has 2 aromatic rings. The molecule has 1 fully saturated rings. The molecule has 0 radical (unpaired) electrons. The van der Waals surface area contributed by atoms with Crippen molar-refractivity contribution in [3.05, 3.63) is 65.0 Å². The van der Waals surface area contributed by atoms with Gasteiger partial charge in [0.1, 0.15) is 17.1 Å². The molecular weight excluding hydrogens is 427 g/mol. The number of Topliss-reactive ketones (excluding diaryl/α,β-unsaturated/α-hetero) is 1. The lowest BCUT2D eigenvalue weighted by molar-refractivity contribution is -0.139. The zero-order valence-corrected chi connectivity index (χ0v) is 19.3. The van der Waals surface area contributed by atoms with Crippen molar-refractivity contribution >= 4 is 17.7 Å². The molecule has 0 bridgehead atoms. The summed E-state index contributed by atoms with van der Waals surface area (Å²) in [5.41, 5.74) is 1.47. The van der Waals surface area contributed by atoms with E-state index in [9.17, 15) is 18.8 Å². The molecule has 0 aromatic heterocycles. The van der Waals surface area contributed by atoms with Crippen LogP contribution < -0.4 is 4.74 Å². The second-order valence-corrected chi connectivity index (χ2v) is 8.35. The van der Waals surface area contributed by atoms with Crippen molar-refractivity contribution in [1.29, 1.82) is 0 Å². The van der Waals surface area contributed by atoms with Gasteiger partial charge >= 0.3 is 5.97 Å². The van der Waals surface area contributed by atoms with Crippen LogP contribution in [0, 0.1) is 5.82 Å². The van der Waals surface area contributed by atoms with E-state index >= 15 is 0 Å². The molecule has 0 spiro atoms. The first-order chi connectivity index (χ1) is 15.7. The van der Waals surface area contributed by atoms with Crippen LogP contribution in [0.3, 0.4) is 0 Å². The molecule has 1 amide bonds. The largest absolute Gasteiger partial charge is 0.483 e. The van der Waals surface area contributed by atoms with Crippen LogP contribution in [0.4, 0.5) is 4.39 Å². The molecule has 0 N–H and O–H groups in total. The predicted octanol–water partition coefficient (Wildman–Crippen LogP) is 3.32. The molecule has 2 aromatic carbocycles. The third-order valence-corrected chi connectivity index (χ3v) is 5.88. The monoisotopic (exact) mass is 456 g/mol. The molecule has 33 heavy (non-hydrogen) atoms. The van der Waals surface area contributed by atoms with E-state index < -0.39 is 5.97 Å². The quantitative estimate of drug-likeness (QED) is 0.470. The number of amides is 1. The summed E-state index contributed by atoms with van der Waals surface area (Å²) >= 11 is 0. The number of carbonyl (C=O) groups is 3. The Morgan fingerprint density at radius 3 is 2.36 bits per heavy atom. The van der Waals surface area contributed by atoms with E-state index in [1.54, 1.807) is 23.1 Å². The average Bonchev–Trinajstić information content (AvgIpc) is 2.80. The maximum absolute atomic E-state index is 13.2. The Kier molecular flexibility index (Phi) is 7.81. The van der Waals surface area contributed by atoms with Crippen molar-refractivity contribution in [1.82, 2.24) is 9.80 Å². The Balaban J connectivity index is 1.63. The molecule has 1 aliphatic rings. The van der Waals surface area contributed by atoms with Gasteiger partial charge in [0.15, 0.2) is 12.4 Å². The van der Waals surface area contributed by atoms with E-state index in [0.717, 1.165) is 5.56 Å². The van der Waals surface area contributed by atoms with Gasteiger partial charge in [-0.15, -0.1) is 0 Å². The number of hydrogen-bond acceptors (Lipinski definition) is 6. The minimum Gasteiger partial charge on any atom is -0.483 e. The summed E-state index contributed by atoms with van der Waals surface area (Å²) in [6.45, 7) is 7.06. The smallest absolute Gasteiger partial charge is 0.341 e. The normalized spacial score (nSPS) is 18.6. The van der Waals surface area contributed by atoms with Crippen molar-refractivity contribution in [2.45, 2.75) is 39.4 Å². The summed E-state index contributed by atoms with van der Waals surface area (Å²) < 4.78 is 23.6. The van der Waals surface area contributed by atoms with Gasteiger partial charge in [-0.05, 0) is 56.7 Å². The number of benzene rings is 2. The van der Waals surface area contributed by atoms with Crippen LogP contribution in [0.5, 0.6) is 5.75 Å². The number of esters is 1. The lowest BCUT2D eigenvalue weighted by Crippen LogP contribution is -2.58. The average molecular weight is 457 g/mol. The van der Waals surface area contributed by atoms with Crippen LogP contribution in [-0.4, -0.2) is 66.3 Å². The van der Waals surface area contributed by atoms with E-state index in [-0.39, 0.29) is 47.5 Å². The van der Waals surface area contributed by atoms with Crippen molar-refractivity contribution in [3.8, 4) is 5.75 Å². The zero-order valence-electron chi connectivity index (χ0n) is 19.3. The van der Waals surface area contributed by atoms with Gasteiger partial charge in [0.2, 0.25) is 0 Å². The number of halogens is 1. The van der Waals surface area contributed by atoms with Gasteiger partial charge in [-0.3, -0.25) is 14.5 Å². The zero-order chi connectivity index (χ0) is 24.1. The predicted molar refractivity (Wildman–Crippen MR) is 121 cm³/mol. The number of ketones is 1. The lowest BCUT2D eigenvalue weighted by atomic mass is 10.1. The molecule has 1 saturated heterocycles. The van der Waals surface area contributed by atoms with E-state index in [4.69, 9.17) is 9.47 Å². The maximum Gasteiger partial charge on any atom is 0.341 e. The van der Waals surface area contributed by atoms with Crippen LogP contribution in [0.2, 0.25) is 0 Å². The first-order valence-electron chi connectivity index (χ1n) is 10.8. The molecule has 1 aliphatic heterocycles. The van der Waals surface area contributed by atoms with E-state index in [0.29, 0.717) is 25.2 Å². The molecule has 176 valence electrons. The number of carbonyl (C=O) groups excluding carboxylic acids is 3. The molecule has 3 rings (SSSR count). The van der Waals surface area contributed by atoms with Crippen LogP contribution >= 0.6 is 0 Å². The highest BCUT2D eigenvalue weighted by Crippen LogP contribution is 2.23. The van der Waals surface area contributed by atoms with Crippen molar-refractivity contribution in [2.24, 2.45) is 0 Å². The summed E-state index contributed by atoms with van der Waals surface area (Å²) in [7, 11) is 1.24. The van der Waals surface area contributed by atoms with Crippen molar-refractivity contribution in [2.75, 3.05) is 26.8 Å². The number of rotatable bonds is 7. The molecule has 1 heterocycles. The van der Waals surface area contributed by atoms with E-state index in [1.165, 1.54) is 38.3 Å². The summed E-state index contributed by atoms with van der Waals surface area (Å²) in [4.78, 5) is 40.7. The van der Waals surface area contributed by atoms with Crippen molar-refractivity contribution < 1.29 is 28.2 Å². The third-order valence-electron chi connectivity index (χ3n) is 5.88. The van der Waals surface area contributed by atoms with Crippen LogP contribution in [0.1, 0.15) is 47.1 Å². The topological polar surface area (TPSA) is 76.2 Å². The van der Waals surface area contributed by atoms with Crippen LogP contribution in [-0.2, 0) is 16.1 Å². The molecule has 2 unspecified atom stereocenters. The summed E-state index contributed by atoms with van der Waals surface area (Å²) in [5.74, 6) is -1.10. The minimum atomic E-state index is -0.642. The van der Waals surface area contributed by atoms with Gasteiger partial charge in [0.05, 0.1) is 7.11 Å². The fourth-order valence-corrected chi connectivity index (χ4v) is 3.96. The lowest BCUT2D eigenvalue weighted by Gasteiger charge is -2.44. The molecule has 7 nitrogen and oxygen atoms in total. The standard InChI is InChI=1S/C25H29FN2O5/c1-16-13-28(17(2)12-27(16)14-19-5-8-21(26)9-6-19)24(30)15-33-23-10-7-20(18(3)29)11-22(23)25(31)32-4/h5-11,16-17H,12-15H2,1-4H3. The van der Waals surface area contributed by atoms with Gasteiger partial charge in [0.25, 0.3) is 5.91 Å². The number of piperazine rings is 1. The number of nitrogens with zero attached hydrogens (tertiary/aromatic N) is 2. The second kappa shape index (κ2) is 10.6. The Bertz CT molecular complexity index is 1020. The minimum absolute atomic E-state index is 0.0436. The second-order valence-electron chi connectivity index (χ2n) is 8.35. The van der Waals surface area contributed by atoms with Crippen molar-refractivity contribution in [3.63, 3.8) is 0 Å². The van der Waals surface area contributed by atoms with Gasteiger partial charge in [-0.1, -0.05) is 12.1 Å². The summed E-state index contributed by atoms with van der Waals surface area (Å²) in [6.07, 6.45) is 0. The highest BCUT2D eigenvalue weighted by molar-refractivity contribution is 5.99. The number of methoxy groups -OCH3 is 1. The highest BCUT2D eigenvalue weighted by atomic mass is 19.1. The molecular formula is C25H29FN2O5. The molecule has 0 aliphatic carbocycles. The van der Waals surface area contributed by atoms with Crippen LogP contribution in [0.25, 0.3) is 0 Å². The van der Waals surface area contributed by atoms with Crippen LogP contribution in [0.15, 0.2) is 42.5 Å². The summed E-state index contributed by atoms with van der Waals surface area (Å²) in [5, 5.41) is 0. The maximum atomic E-state index is 13.2. The number of hydrogen-bond donors (Lipinski definition) is 0. The molecule has 8 heteroatoms. The highest BCUT2D eigenvalue weighted by Gasteiger charge is 2.32. The van der Waals surface area contributed by atoms with Gasteiger partial charge in [-0.2, -0.15) is 0 Å². The fraction of sp³-hybridized carbons (Fsp3) is 0.400. The Morgan fingerprint density at radius 2 is 1.73 bits per heavy atom. The Hall–Kier alpha value is -3.26. The number of ether oxygens (including phenoxy) is 2. The first-order valence-corrected chi connectivity index (χ1v) is 10.8. The SMILES string of the molecule is COC(=O)c1cc(C(C)=O)ccc1OCC(=O)N1CC(C)N(Cc2ccc(F)cc2)CC1C. The Morgan fingerprint density at radius 1 is 1.03 bits per heavy atom. The van der Waals surface area contributed by atoms with E-state index in [1.807, 2.05) is 13.8 Å². The molecule has 2 atom stereocenters. The van der Waals surface area contributed by atoms with E-state index in [2.05, 4.69) is 4.90 Å². The summed E-state index contributed by atoms with van der Waals surface area (Å²) in [6, 6.07) is 11.0.